The molecule has 2 rings (SSSR count). The molecule has 0 aliphatic rings. The molecule has 5 heteroatoms. The molecule has 0 saturated carbocycles. The Bertz CT molecular complexity index is 540. The van der Waals surface area contributed by atoms with E-state index in [4.69, 9.17) is 4.74 Å². The van der Waals surface area contributed by atoms with Gasteiger partial charge in [-0.3, -0.25) is 14.8 Å². The molecule has 1 aromatic heterocycles. The molecule has 19 heavy (non-hydrogen) atoms. The summed E-state index contributed by atoms with van der Waals surface area (Å²) in [6.07, 6.45) is 4.88. The third kappa shape index (κ3) is 3.28. The maximum atomic E-state index is 11.3. The summed E-state index contributed by atoms with van der Waals surface area (Å²) in [7, 11) is 1.59. The Labute approximate surface area is 110 Å². The second-order valence-corrected chi connectivity index (χ2v) is 4.07. The van der Waals surface area contributed by atoms with Gasteiger partial charge in [0.25, 0.3) is 0 Å². The first kappa shape index (κ1) is 13.0. The summed E-state index contributed by atoms with van der Waals surface area (Å²) in [6.45, 7) is 0. The van der Waals surface area contributed by atoms with E-state index in [1.165, 1.54) is 18.6 Å². The number of carbonyl (C=O) groups is 1. The van der Waals surface area contributed by atoms with E-state index >= 15 is 0 Å². The molecular formula is C14H14N2O3. The van der Waals surface area contributed by atoms with Gasteiger partial charge in [-0.1, -0.05) is 12.1 Å². The molecule has 1 heterocycles. The summed E-state index contributed by atoms with van der Waals surface area (Å²) in [5.41, 5.74) is 1.38. The molecule has 0 amide bonds. The van der Waals surface area contributed by atoms with E-state index < -0.39 is 11.9 Å². The molecule has 1 N–H and O–H groups in total. The Kier molecular flexibility index (Phi) is 4.07. The van der Waals surface area contributed by atoms with E-state index in [0.29, 0.717) is 12.1 Å². The van der Waals surface area contributed by atoms with Gasteiger partial charge in [0.2, 0.25) is 0 Å². The Hall–Kier alpha value is -2.43. The van der Waals surface area contributed by atoms with Crippen molar-refractivity contribution in [2.45, 2.75) is 12.3 Å². The maximum Gasteiger partial charge on any atom is 0.312 e. The van der Waals surface area contributed by atoms with Crippen LogP contribution in [0.5, 0.6) is 5.75 Å². The zero-order chi connectivity index (χ0) is 13.7. The van der Waals surface area contributed by atoms with Crippen molar-refractivity contribution < 1.29 is 14.6 Å². The first-order valence-corrected chi connectivity index (χ1v) is 5.82. The van der Waals surface area contributed by atoms with Crippen molar-refractivity contribution in [2.75, 3.05) is 7.11 Å². The summed E-state index contributed by atoms with van der Waals surface area (Å²) < 4.78 is 5.07. The molecule has 0 aliphatic heterocycles. The van der Waals surface area contributed by atoms with Crippen molar-refractivity contribution in [1.82, 2.24) is 9.97 Å². The molecule has 1 atom stereocenters. The normalized spacial score (nSPS) is 11.8. The molecule has 0 saturated heterocycles. The fraction of sp³-hybridized carbons (Fsp3) is 0.214. The van der Waals surface area contributed by atoms with Crippen LogP contribution in [0.2, 0.25) is 0 Å². The second kappa shape index (κ2) is 5.95. The minimum Gasteiger partial charge on any atom is -0.497 e. The van der Waals surface area contributed by atoms with Gasteiger partial charge in [0, 0.05) is 18.6 Å². The lowest BCUT2D eigenvalue weighted by atomic mass is 9.96. The lowest BCUT2D eigenvalue weighted by Gasteiger charge is -2.11. The standard InChI is InChI=1S/C14H14N2O3/c1-19-11-4-2-10(3-5-11)8-12(14(17)18)13-9-15-6-7-16-13/h2-7,9,12H,8H2,1H3,(H,17,18). The average Bonchev–Trinajstić information content (AvgIpc) is 2.46. The highest BCUT2D eigenvalue weighted by Gasteiger charge is 2.21. The number of carboxylic acids is 1. The summed E-state index contributed by atoms with van der Waals surface area (Å²) in [5.74, 6) is -0.853. The van der Waals surface area contributed by atoms with Crippen LogP contribution in [-0.4, -0.2) is 28.2 Å². The van der Waals surface area contributed by atoms with Crippen molar-refractivity contribution in [1.29, 1.82) is 0 Å². The lowest BCUT2D eigenvalue weighted by molar-refractivity contribution is -0.138. The quantitative estimate of drug-likeness (QED) is 0.886. The molecule has 0 spiro atoms. The number of ether oxygens (including phenoxy) is 1. The smallest absolute Gasteiger partial charge is 0.312 e. The van der Waals surface area contributed by atoms with E-state index in [0.717, 1.165) is 11.3 Å². The molecular weight excluding hydrogens is 244 g/mol. The highest BCUT2D eigenvalue weighted by atomic mass is 16.5. The van der Waals surface area contributed by atoms with Crippen LogP contribution in [0.4, 0.5) is 0 Å². The predicted molar refractivity (Wildman–Crippen MR) is 69.1 cm³/mol. The number of carboxylic acid groups (broad SMARTS) is 1. The van der Waals surface area contributed by atoms with E-state index in [-0.39, 0.29) is 0 Å². The van der Waals surface area contributed by atoms with E-state index in [9.17, 15) is 9.90 Å². The summed E-state index contributed by atoms with van der Waals surface area (Å²) in [5, 5.41) is 9.30. The minimum absolute atomic E-state index is 0.373. The summed E-state index contributed by atoms with van der Waals surface area (Å²) >= 11 is 0. The van der Waals surface area contributed by atoms with Crippen LogP contribution >= 0.6 is 0 Å². The van der Waals surface area contributed by atoms with Crippen molar-refractivity contribution in [3.05, 3.63) is 54.1 Å². The van der Waals surface area contributed by atoms with Gasteiger partial charge in [-0.15, -0.1) is 0 Å². The maximum absolute atomic E-state index is 11.3. The van der Waals surface area contributed by atoms with Gasteiger partial charge in [-0.25, -0.2) is 0 Å². The van der Waals surface area contributed by atoms with Crippen LogP contribution in [0.25, 0.3) is 0 Å². The van der Waals surface area contributed by atoms with Gasteiger partial charge < -0.3 is 9.84 Å². The highest BCUT2D eigenvalue weighted by Crippen LogP contribution is 2.20. The van der Waals surface area contributed by atoms with Crippen LogP contribution in [0.3, 0.4) is 0 Å². The number of methoxy groups -OCH3 is 1. The number of rotatable bonds is 5. The number of hydrogen-bond acceptors (Lipinski definition) is 4. The molecule has 98 valence electrons. The number of benzene rings is 1. The zero-order valence-electron chi connectivity index (χ0n) is 10.5. The van der Waals surface area contributed by atoms with Crippen molar-refractivity contribution >= 4 is 5.97 Å². The fourth-order valence-electron chi connectivity index (χ4n) is 1.81. The predicted octanol–water partition coefficient (Wildman–Crippen LogP) is 1.90. The summed E-state index contributed by atoms with van der Waals surface area (Å²) in [6, 6.07) is 7.33. The second-order valence-electron chi connectivity index (χ2n) is 4.07. The largest absolute Gasteiger partial charge is 0.497 e. The van der Waals surface area contributed by atoms with Gasteiger partial charge in [-0.05, 0) is 24.1 Å². The number of hydrogen-bond donors (Lipinski definition) is 1. The molecule has 5 nitrogen and oxygen atoms in total. The molecule has 0 radical (unpaired) electrons. The van der Waals surface area contributed by atoms with Gasteiger partial charge in [0.1, 0.15) is 11.7 Å². The van der Waals surface area contributed by atoms with Gasteiger partial charge in [0.05, 0.1) is 12.8 Å². The highest BCUT2D eigenvalue weighted by molar-refractivity contribution is 5.75. The Morgan fingerprint density at radius 3 is 2.58 bits per heavy atom. The monoisotopic (exact) mass is 258 g/mol. The SMILES string of the molecule is COc1ccc(CC(C(=O)O)c2cnccn2)cc1. The lowest BCUT2D eigenvalue weighted by Crippen LogP contribution is -2.16. The van der Waals surface area contributed by atoms with Crippen molar-refractivity contribution in [2.24, 2.45) is 0 Å². The van der Waals surface area contributed by atoms with Crippen LogP contribution < -0.4 is 4.74 Å². The molecule has 0 fully saturated rings. The Morgan fingerprint density at radius 2 is 2.05 bits per heavy atom. The van der Waals surface area contributed by atoms with Gasteiger partial charge in [-0.2, -0.15) is 0 Å². The third-order valence-corrected chi connectivity index (χ3v) is 2.84. The van der Waals surface area contributed by atoms with E-state index in [2.05, 4.69) is 9.97 Å². The van der Waals surface area contributed by atoms with Crippen LogP contribution in [-0.2, 0) is 11.2 Å². The first-order valence-electron chi connectivity index (χ1n) is 5.82. The van der Waals surface area contributed by atoms with Crippen LogP contribution in [0, 0.1) is 0 Å². The van der Waals surface area contributed by atoms with Crippen LogP contribution in [0.1, 0.15) is 17.2 Å². The third-order valence-electron chi connectivity index (χ3n) is 2.84. The molecule has 1 unspecified atom stereocenters. The number of aromatic nitrogens is 2. The average molecular weight is 258 g/mol. The van der Waals surface area contributed by atoms with Gasteiger partial charge >= 0.3 is 5.97 Å². The number of aliphatic carboxylic acids is 1. The fourth-order valence-corrected chi connectivity index (χ4v) is 1.81. The molecule has 0 aliphatic carbocycles. The minimum atomic E-state index is -0.906. The van der Waals surface area contributed by atoms with Crippen molar-refractivity contribution in [3.8, 4) is 5.75 Å². The summed E-state index contributed by atoms with van der Waals surface area (Å²) in [4.78, 5) is 19.3. The number of nitrogens with zero attached hydrogens (tertiary/aromatic N) is 2. The van der Waals surface area contributed by atoms with Gasteiger partial charge in [0.15, 0.2) is 0 Å². The zero-order valence-corrected chi connectivity index (χ0v) is 10.5. The Morgan fingerprint density at radius 1 is 1.32 bits per heavy atom. The Balaban J connectivity index is 2.19. The molecule has 0 bridgehead atoms. The molecule has 1 aromatic carbocycles. The topological polar surface area (TPSA) is 72.3 Å². The van der Waals surface area contributed by atoms with E-state index in [1.807, 2.05) is 24.3 Å². The van der Waals surface area contributed by atoms with Crippen LogP contribution in [0.15, 0.2) is 42.9 Å². The van der Waals surface area contributed by atoms with Crippen molar-refractivity contribution in [3.63, 3.8) is 0 Å². The first-order chi connectivity index (χ1) is 9.20. The van der Waals surface area contributed by atoms with E-state index in [1.54, 1.807) is 7.11 Å². The molecule has 2 aromatic rings.